The van der Waals surface area contributed by atoms with Gasteiger partial charge < -0.3 is 25.4 Å². The molecule has 2 bridgehead atoms. The fraction of sp³-hybridized carbons (Fsp3) is 0.733. The summed E-state index contributed by atoms with van der Waals surface area (Å²) in [5, 5.41) is 16.7. The first-order chi connectivity index (χ1) is 10.5. The van der Waals surface area contributed by atoms with Crippen LogP contribution in [0.4, 0.5) is 5.82 Å². The van der Waals surface area contributed by atoms with E-state index in [1.807, 2.05) is 0 Å². The average Bonchev–Trinajstić information content (AvgIpc) is 3.09. The molecule has 23 heavy (non-hydrogen) atoms. The molecule has 3 atom stereocenters. The number of fused-ring (bicyclic) bond motifs is 3. The Morgan fingerprint density at radius 1 is 1.43 bits per heavy atom. The van der Waals surface area contributed by atoms with Crippen molar-refractivity contribution in [2.75, 3.05) is 19.5 Å². The minimum Gasteiger partial charge on any atom is -0.400 e. The van der Waals surface area contributed by atoms with E-state index in [1.54, 1.807) is 13.1 Å². The number of aliphatic hydroxyl groups is 2. The standard InChI is InChI=1S/C13H17N3O4.CH4O.CH4/c1-7-5-16(11(18)15-9(7)14)10-8-4-13(6-17,20-10)12(19-8)2-3-12;1-2;/h5,8,10,17H,2-4,6H2,1H3,(H2,14,15,18);2H,1H3;1H4/t8?,10-,13+;;/m1../s1. The Balaban J connectivity index is 0.000000617. The van der Waals surface area contributed by atoms with Crippen LogP contribution < -0.4 is 11.4 Å². The average molecular weight is 327 g/mol. The summed E-state index contributed by atoms with van der Waals surface area (Å²) in [7, 11) is 1.00. The zero-order valence-electron chi connectivity index (χ0n) is 12.7. The van der Waals surface area contributed by atoms with Gasteiger partial charge in [-0.3, -0.25) is 4.57 Å². The van der Waals surface area contributed by atoms with Crippen LogP contribution in [-0.4, -0.2) is 50.8 Å². The summed E-state index contributed by atoms with van der Waals surface area (Å²) in [6.45, 7) is 1.70. The summed E-state index contributed by atoms with van der Waals surface area (Å²) < 4.78 is 13.5. The molecule has 1 spiro atoms. The molecule has 4 rings (SSSR count). The zero-order valence-corrected chi connectivity index (χ0v) is 12.7. The molecule has 8 nitrogen and oxygen atoms in total. The highest BCUT2D eigenvalue weighted by Gasteiger charge is 2.73. The van der Waals surface area contributed by atoms with Crippen LogP contribution in [0.15, 0.2) is 11.0 Å². The summed E-state index contributed by atoms with van der Waals surface area (Å²) in [6, 6.07) is 0. The molecule has 3 fully saturated rings. The third kappa shape index (κ3) is 2.37. The van der Waals surface area contributed by atoms with Crippen LogP contribution in [0, 0.1) is 6.92 Å². The zero-order chi connectivity index (χ0) is 16.1. The molecule has 2 saturated heterocycles. The van der Waals surface area contributed by atoms with Crippen molar-refractivity contribution >= 4 is 5.82 Å². The van der Waals surface area contributed by atoms with Gasteiger partial charge in [0.2, 0.25) is 0 Å². The molecular formula is C15H25N3O5. The number of aromatic nitrogens is 2. The molecule has 0 radical (unpaired) electrons. The van der Waals surface area contributed by atoms with Gasteiger partial charge in [0.15, 0.2) is 6.23 Å². The van der Waals surface area contributed by atoms with Gasteiger partial charge in [0, 0.05) is 25.3 Å². The van der Waals surface area contributed by atoms with Crippen LogP contribution in [-0.2, 0) is 9.47 Å². The molecule has 0 aromatic carbocycles. The second-order valence-electron chi connectivity index (χ2n) is 6.01. The van der Waals surface area contributed by atoms with E-state index in [0.717, 1.165) is 25.5 Å². The maximum atomic E-state index is 12.0. The maximum absolute atomic E-state index is 12.0. The molecule has 1 aromatic heterocycles. The Morgan fingerprint density at radius 2 is 2.09 bits per heavy atom. The lowest BCUT2D eigenvalue weighted by molar-refractivity contribution is -0.233. The summed E-state index contributed by atoms with van der Waals surface area (Å²) in [4.78, 5) is 15.8. The Labute approximate surface area is 134 Å². The van der Waals surface area contributed by atoms with E-state index in [0.29, 0.717) is 6.42 Å². The van der Waals surface area contributed by atoms with Gasteiger partial charge in [-0.05, 0) is 19.8 Å². The molecule has 130 valence electrons. The largest absolute Gasteiger partial charge is 0.400 e. The Morgan fingerprint density at radius 3 is 2.65 bits per heavy atom. The topological polar surface area (TPSA) is 120 Å². The molecule has 1 aliphatic carbocycles. The Kier molecular flexibility index (Phi) is 4.55. The lowest BCUT2D eigenvalue weighted by atomic mass is 9.94. The minimum atomic E-state index is -0.670. The molecule has 8 heteroatoms. The number of aliphatic hydroxyl groups excluding tert-OH is 2. The van der Waals surface area contributed by atoms with Crippen LogP contribution in [0.5, 0.6) is 0 Å². The van der Waals surface area contributed by atoms with Gasteiger partial charge in [-0.1, -0.05) is 7.43 Å². The molecular weight excluding hydrogens is 302 g/mol. The molecule has 1 unspecified atom stereocenters. The van der Waals surface area contributed by atoms with E-state index in [2.05, 4.69) is 4.98 Å². The monoisotopic (exact) mass is 327 g/mol. The number of ether oxygens (including phenoxy) is 2. The predicted octanol–water partition coefficient (Wildman–Crippen LogP) is -0.0401. The number of aryl methyl sites for hydroxylation is 1. The van der Waals surface area contributed by atoms with Gasteiger partial charge in [-0.25, -0.2) is 4.79 Å². The predicted molar refractivity (Wildman–Crippen MR) is 83.9 cm³/mol. The number of rotatable bonds is 2. The van der Waals surface area contributed by atoms with E-state index >= 15 is 0 Å². The minimum absolute atomic E-state index is 0. The van der Waals surface area contributed by atoms with E-state index < -0.39 is 17.5 Å². The van der Waals surface area contributed by atoms with Crippen molar-refractivity contribution < 1.29 is 19.7 Å². The van der Waals surface area contributed by atoms with Crippen molar-refractivity contribution in [3.63, 3.8) is 0 Å². The van der Waals surface area contributed by atoms with E-state index in [1.165, 1.54) is 4.57 Å². The van der Waals surface area contributed by atoms with Gasteiger partial charge in [-0.2, -0.15) is 4.98 Å². The fourth-order valence-corrected chi connectivity index (χ4v) is 3.50. The first-order valence-corrected chi connectivity index (χ1v) is 7.27. The van der Waals surface area contributed by atoms with Crippen molar-refractivity contribution in [1.29, 1.82) is 0 Å². The van der Waals surface area contributed by atoms with Crippen LogP contribution in [0.25, 0.3) is 0 Å². The highest BCUT2D eigenvalue weighted by atomic mass is 16.7. The molecule has 3 aliphatic rings. The first kappa shape index (κ1) is 17.9. The third-order valence-corrected chi connectivity index (χ3v) is 4.81. The number of nitrogens with zero attached hydrogens (tertiary/aromatic N) is 2. The van der Waals surface area contributed by atoms with Gasteiger partial charge in [0.25, 0.3) is 0 Å². The lowest BCUT2D eigenvalue weighted by Crippen LogP contribution is -2.49. The second kappa shape index (κ2) is 5.86. The van der Waals surface area contributed by atoms with E-state index in [4.69, 9.17) is 20.3 Å². The molecule has 2 aliphatic heterocycles. The van der Waals surface area contributed by atoms with Gasteiger partial charge in [-0.15, -0.1) is 0 Å². The Hall–Kier alpha value is -1.48. The number of hydrogen-bond acceptors (Lipinski definition) is 7. The molecule has 1 saturated carbocycles. The summed E-state index contributed by atoms with van der Waals surface area (Å²) in [5.41, 5.74) is 4.90. The normalized spacial score (nSPS) is 32.2. The van der Waals surface area contributed by atoms with E-state index in [-0.39, 0.29) is 31.6 Å². The molecule has 1 aromatic rings. The number of nitrogen functional groups attached to an aromatic ring is 1. The van der Waals surface area contributed by atoms with Crippen molar-refractivity contribution in [2.45, 2.75) is 57.1 Å². The molecule has 3 heterocycles. The number of nitrogens with two attached hydrogens (primary N) is 1. The van der Waals surface area contributed by atoms with Crippen LogP contribution in [0.1, 0.15) is 38.5 Å². The van der Waals surface area contributed by atoms with Gasteiger partial charge in [0.1, 0.15) is 23.1 Å². The maximum Gasteiger partial charge on any atom is 0.351 e. The van der Waals surface area contributed by atoms with Crippen molar-refractivity contribution in [2.24, 2.45) is 0 Å². The fourth-order valence-electron chi connectivity index (χ4n) is 3.50. The van der Waals surface area contributed by atoms with Crippen LogP contribution in [0.2, 0.25) is 0 Å². The quantitative estimate of drug-likeness (QED) is 0.697. The van der Waals surface area contributed by atoms with Crippen LogP contribution in [0.3, 0.4) is 0 Å². The molecule has 0 amide bonds. The van der Waals surface area contributed by atoms with Gasteiger partial charge in [0.05, 0.1) is 6.61 Å². The third-order valence-electron chi connectivity index (χ3n) is 4.81. The smallest absolute Gasteiger partial charge is 0.351 e. The summed E-state index contributed by atoms with van der Waals surface area (Å²) in [6.07, 6.45) is 3.32. The SMILES string of the molecule is C.CO.Cc1cn([C@@H]2O[C@]3(CO)CC2OC32CC2)c(=O)nc1N. The number of anilines is 1. The first-order valence-electron chi connectivity index (χ1n) is 7.27. The van der Waals surface area contributed by atoms with Crippen molar-refractivity contribution in [3.8, 4) is 0 Å². The highest BCUT2D eigenvalue weighted by molar-refractivity contribution is 5.35. The summed E-state index contributed by atoms with van der Waals surface area (Å²) in [5.74, 6) is 0.228. The highest BCUT2D eigenvalue weighted by Crippen LogP contribution is 2.63. The lowest BCUT2D eigenvalue weighted by Gasteiger charge is -2.37. The van der Waals surface area contributed by atoms with Crippen molar-refractivity contribution in [3.05, 3.63) is 22.2 Å². The molecule has 4 N–H and O–H groups in total. The Bertz CT molecular complexity index is 642. The van der Waals surface area contributed by atoms with Crippen molar-refractivity contribution in [1.82, 2.24) is 9.55 Å². The number of hydrogen-bond donors (Lipinski definition) is 3. The van der Waals surface area contributed by atoms with E-state index in [9.17, 15) is 9.90 Å². The summed E-state index contributed by atoms with van der Waals surface area (Å²) >= 11 is 0. The van der Waals surface area contributed by atoms with Crippen LogP contribution >= 0.6 is 0 Å². The van der Waals surface area contributed by atoms with Gasteiger partial charge >= 0.3 is 5.69 Å². The second-order valence-corrected chi connectivity index (χ2v) is 6.01.